The largest absolute Gasteiger partial charge is 0.501 e. The number of nitro groups is 1. The number of hydrogen-bond donors (Lipinski definition) is 1. The lowest BCUT2D eigenvalue weighted by atomic mass is 10.1. The van der Waals surface area contributed by atoms with E-state index in [0.29, 0.717) is 6.07 Å². The highest BCUT2D eigenvalue weighted by molar-refractivity contribution is 5.57. The standard InChI is InChI=1S/C9H5FN4O3/c10-7-4-6(2-1-3-12-13-11)9(15)8(5-7)14(16)17/h4-5,15H,3H2. The number of phenolic OH excluding ortho intramolecular Hbond substituents is 1. The highest BCUT2D eigenvalue weighted by Crippen LogP contribution is 2.30. The van der Waals surface area contributed by atoms with Crippen molar-refractivity contribution in [1.82, 2.24) is 0 Å². The molecule has 0 aliphatic carbocycles. The number of phenols is 1. The van der Waals surface area contributed by atoms with Crippen LogP contribution in [0.5, 0.6) is 5.75 Å². The van der Waals surface area contributed by atoms with Crippen LogP contribution in [0.1, 0.15) is 5.56 Å². The van der Waals surface area contributed by atoms with Gasteiger partial charge in [0.15, 0.2) is 0 Å². The summed E-state index contributed by atoms with van der Waals surface area (Å²) in [5.41, 5.74) is 6.97. The van der Waals surface area contributed by atoms with E-state index in [1.165, 1.54) is 0 Å². The fourth-order valence-corrected chi connectivity index (χ4v) is 1.02. The topological polar surface area (TPSA) is 112 Å². The van der Waals surface area contributed by atoms with Gasteiger partial charge in [-0.05, 0) is 11.6 Å². The molecule has 0 aliphatic rings. The van der Waals surface area contributed by atoms with Crippen LogP contribution in [0.15, 0.2) is 17.2 Å². The molecule has 0 fully saturated rings. The van der Waals surface area contributed by atoms with Crippen molar-refractivity contribution in [2.45, 2.75) is 0 Å². The summed E-state index contributed by atoms with van der Waals surface area (Å²) < 4.78 is 13.0. The van der Waals surface area contributed by atoms with E-state index in [2.05, 4.69) is 21.9 Å². The van der Waals surface area contributed by atoms with Crippen molar-refractivity contribution in [3.8, 4) is 17.6 Å². The predicted molar refractivity (Wildman–Crippen MR) is 55.6 cm³/mol. The summed E-state index contributed by atoms with van der Waals surface area (Å²) in [7, 11) is 0. The smallest absolute Gasteiger partial charge is 0.314 e. The number of azide groups is 1. The minimum Gasteiger partial charge on any atom is -0.501 e. The summed E-state index contributed by atoms with van der Waals surface area (Å²) in [5.74, 6) is 2.99. The minimum absolute atomic E-state index is 0.180. The molecule has 0 spiro atoms. The van der Waals surface area contributed by atoms with Gasteiger partial charge in [-0.15, -0.1) is 0 Å². The van der Waals surface area contributed by atoms with E-state index < -0.39 is 22.2 Å². The Hall–Kier alpha value is -2.78. The Kier molecular flexibility index (Phi) is 3.86. The molecule has 0 saturated heterocycles. The third-order valence-corrected chi connectivity index (χ3v) is 1.69. The minimum atomic E-state index is -0.920. The monoisotopic (exact) mass is 236 g/mol. The van der Waals surface area contributed by atoms with E-state index in [0.717, 1.165) is 6.07 Å². The number of nitrogens with zero attached hydrogens (tertiary/aromatic N) is 4. The molecule has 0 heterocycles. The van der Waals surface area contributed by atoms with Crippen molar-refractivity contribution in [2.24, 2.45) is 5.11 Å². The average Bonchev–Trinajstić information content (AvgIpc) is 2.28. The van der Waals surface area contributed by atoms with E-state index in [4.69, 9.17) is 5.53 Å². The molecule has 0 unspecified atom stereocenters. The lowest BCUT2D eigenvalue weighted by Gasteiger charge is -1.98. The Bertz CT molecular complexity index is 570. The molecule has 0 radical (unpaired) electrons. The van der Waals surface area contributed by atoms with Crippen molar-refractivity contribution >= 4 is 5.69 Å². The van der Waals surface area contributed by atoms with Crippen LogP contribution in [0, 0.1) is 27.8 Å². The summed E-state index contributed by atoms with van der Waals surface area (Å²) in [6.07, 6.45) is 0. The third kappa shape index (κ3) is 3.09. The molecule has 1 aromatic carbocycles. The van der Waals surface area contributed by atoms with Gasteiger partial charge in [-0.1, -0.05) is 17.0 Å². The van der Waals surface area contributed by atoms with Gasteiger partial charge in [-0.3, -0.25) is 10.1 Å². The molecule has 8 heteroatoms. The first-order valence-electron chi connectivity index (χ1n) is 4.23. The average molecular weight is 236 g/mol. The van der Waals surface area contributed by atoms with Crippen LogP contribution >= 0.6 is 0 Å². The summed E-state index contributed by atoms with van der Waals surface area (Å²) in [5, 5.41) is 23.0. The fraction of sp³-hybridized carbons (Fsp3) is 0.111. The first-order chi connectivity index (χ1) is 8.06. The van der Waals surface area contributed by atoms with Crippen LogP contribution < -0.4 is 0 Å². The zero-order valence-electron chi connectivity index (χ0n) is 8.29. The quantitative estimate of drug-likeness (QED) is 0.212. The Morgan fingerprint density at radius 3 is 2.94 bits per heavy atom. The van der Waals surface area contributed by atoms with Crippen LogP contribution in [0.2, 0.25) is 0 Å². The zero-order valence-corrected chi connectivity index (χ0v) is 8.29. The van der Waals surface area contributed by atoms with Gasteiger partial charge in [0.05, 0.1) is 23.1 Å². The van der Waals surface area contributed by atoms with Crippen molar-refractivity contribution in [1.29, 1.82) is 0 Å². The highest BCUT2D eigenvalue weighted by Gasteiger charge is 2.18. The molecule has 0 bridgehead atoms. The van der Waals surface area contributed by atoms with Gasteiger partial charge >= 0.3 is 5.69 Å². The summed E-state index contributed by atoms with van der Waals surface area (Å²) >= 11 is 0. The number of benzene rings is 1. The molecule has 17 heavy (non-hydrogen) atoms. The van der Waals surface area contributed by atoms with Gasteiger partial charge in [0.2, 0.25) is 5.75 Å². The van der Waals surface area contributed by atoms with E-state index >= 15 is 0 Å². The maximum absolute atomic E-state index is 13.0. The predicted octanol–water partition coefficient (Wildman–Crippen LogP) is 2.10. The number of aromatic hydroxyl groups is 1. The normalized spacial score (nSPS) is 8.76. The molecule has 86 valence electrons. The zero-order chi connectivity index (χ0) is 12.8. The first-order valence-corrected chi connectivity index (χ1v) is 4.23. The van der Waals surface area contributed by atoms with Gasteiger partial charge < -0.3 is 5.11 Å². The van der Waals surface area contributed by atoms with Crippen LogP contribution in [-0.4, -0.2) is 16.6 Å². The maximum atomic E-state index is 13.0. The molecular weight excluding hydrogens is 231 g/mol. The van der Waals surface area contributed by atoms with Crippen LogP contribution in [0.25, 0.3) is 10.4 Å². The summed E-state index contributed by atoms with van der Waals surface area (Å²) in [6, 6.07) is 1.44. The molecule has 1 N–H and O–H groups in total. The van der Waals surface area contributed by atoms with Gasteiger partial charge in [0.1, 0.15) is 5.82 Å². The van der Waals surface area contributed by atoms with Crippen molar-refractivity contribution in [3.05, 3.63) is 44.1 Å². The van der Waals surface area contributed by atoms with Gasteiger partial charge in [0, 0.05) is 4.91 Å². The molecule has 0 amide bonds. The lowest BCUT2D eigenvalue weighted by molar-refractivity contribution is -0.386. The Morgan fingerprint density at radius 2 is 2.35 bits per heavy atom. The van der Waals surface area contributed by atoms with Crippen LogP contribution in [-0.2, 0) is 0 Å². The molecule has 7 nitrogen and oxygen atoms in total. The summed E-state index contributed by atoms with van der Waals surface area (Å²) in [6.45, 7) is -0.180. The van der Waals surface area contributed by atoms with Crippen LogP contribution in [0.3, 0.4) is 0 Å². The Labute approximate surface area is 94.3 Å². The fourth-order valence-electron chi connectivity index (χ4n) is 1.02. The van der Waals surface area contributed by atoms with Crippen LogP contribution in [0.4, 0.5) is 10.1 Å². The molecule has 0 aliphatic heterocycles. The number of rotatable bonds is 2. The molecule has 0 atom stereocenters. The van der Waals surface area contributed by atoms with Crippen molar-refractivity contribution < 1.29 is 14.4 Å². The van der Waals surface area contributed by atoms with Gasteiger partial charge in [-0.25, -0.2) is 4.39 Å². The third-order valence-electron chi connectivity index (χ3n) is 1.69. The van der Waals surface area contributed by atoms with Gasteiger partial charge in [-0.2, -0.15) is 0 Å². The first kappa shape index (κ1) is 12.3. The number of nitro benzene ring substituents is 1. The number of halogens is 1. The molecule has 1 aromatic rings. The van der Waals surface area contributed by atoms with E-state index in [1.54, 1.807) is 0 Å². The Balaban J connectivity index is 3.18. The second-order valence-electron chi connectivity index (χ2n) is 2.77. The SMILES string of the molecule is [N-]=[N+]=NCC#Cc1cc(F)cc([N+](=O)[O-])c1O. The second-order valence-corrected chi connectivity index (χ2v) is 2.77. The lowest BCUT2D eigenvalue weighted by Crippen LogP contribution is -1.92. The van der Waals surface area contributed by atoms with E-state index in [1.807, 2.05) is 0 Å². The second kappa shape index (κ2) is 5.34. The summed E-state index contributed by atoms with van der Waals surface area (Å²) in [4.78, 5) is 12.0. The van der Waals surface area contributed by atoms with E-state index in [-0.39, 0.29) is 12.1 Å². The molecule has 1 rings (SSSR count). The Morgan fingerprint density at radius 1 is 1.65 bits per heavy atom. The molecule has 0 saturated carbocycles. The number of hydrogen-bond acceptors (Lipinski definition) is 4. The highest BCUT2D eigenvalue weighted by atomic mass is 19.1. The maximum Gasteiger partial charge on any atom is 0.314 e. The molecule has 0 aromatic heterocycles. The van der Waals surface area contributed by atoms with Crippen molar-refractivity contribution in [2.75, 3.05) is 6.54 Å². The van der Waals surface area contributed by atoms with E-state index in [9.17, 15) is 19.6 Å². The molecular formula is C9H5FN4O3. The van der Waals surface area contributed by atoms with Crippen molar-refractivity contribution in [3.63, 3.8) is 0 Å². The van der Waals surface area contributed by atoms with Gasteiger partial charge in [0.25, 0.3) is 0 Å².